The zero-order valence-electron chi connectivity index (χ0n) is 11.1. The fraction of sp³-hybridized carbons (Fsp3) is 0.312. The van der Waals surface area contributed by atoms with Crippen molar-refractivity contribution in [2.75, 3.05) is 5.73 Å². The Morgan fingerprint density at radius 2 is 1.83 bits per heavy atom. The van der Waals surface area contributed by atoms with Crippen molar-refractivity contribution in [2.24, 2.45) is 0 Å². The molecule has 1 heterocycles. The van der Waals surface area contributed by atoms with Crippen LogP contribution in [0.15, 0.2) is 36.5 Å². The van der Waals surface area contributed by atoms with Gasteiger partial charge >= 0.3 is 0 Å². The summed E-state index contributed by atoms with van der Waals surface area (Å²) in [6, 6.07) is 10.5. The van der Waals surface area contributed by atoms with Gasteiger partial charge in [0.25, 0.3) is 0 Å². The summed E-state index contributed by atoms with van der Waals surface area (Å²) < 4.78 is 0. The van der Waals surface area contributed by atoms with Crippen molar-refractivity contribution in [1.29, 1.82) is 0 Å². The summed E-state index contributed by atoms with van der Waals surface area (Å²) in [5.41, 5.74) is 11.3. The number of hydrogen-bond acceptors (Lipinski definition) is 2. The van der Waals surface area contributed by atoms with E-state index in [1.807, 2.05) is 19.2 Å². The summed E-state index contributed by atoms with van der Waals surface area (Å²) in [7, 11) is 0. The molecular formula is C16H20N2. The van der Waals surface area contributed by atoms with Crippen molar-refractivity contribution in [1.82, 2.24) is 4.98 Å². The van der Waals surface area contributed by atoms with E-state index in [1.165, 1.54) is 18.4 Å². The summed E-state index contributed by atoms with van der Waals surface area (Å²) in [5, 5.41) is 0. The first kappa shape index (κ1) is 12.6. The molecular weight excluding hydrogens is 220 g/mol. The molecule has 1 aromatic carbocycles. The summed E-state index contributed by atoms with van der Waals surface area (Å²) in [5.74, 6) is 0. The second kappa shape index (κ2) is 5.67. The van der Waals surface area contributed by atoms with Gasteiger partial charge in [0.2, 0.25) is 0 Å². The molecule has 0 saturated heterocycles. The van der Waals surface area contributed by atoms with Crippen LogP contribution in [0.5, 0.6) is 0 Å². The smallest absolute Gasteiger partial charge is 0.0933 e. The van der Waals surface area contributed by atoms with E-state index in [1.54, 1.807) is 0 Å². The molecule has 2 aromatic rings. The van der Waals surface area contributed by atoms with Gasteiger partial charge in [0.05, 0.1) is 11.4 Å². The number of rotatable bonds is 4. The standard InChI is InChI=1S/C16H20N2/c1-3-4-5-13-6-8-14(9-7-13)16-15(17)12(2)10-11-18-16/h6-11H,3-5,17H2,1-2H3. The Morgan fingerprint density at radius 1 is 1.11 bits per heavy atom. The van der Waals surface area contributed by atoms with Gasteiger partial charge in [0.15, 0.2) is 0 Å². The zero-order chi connectivity index (χ0) is 13.0. The number of unbranched alkanes of at least 4 members (excludes halogenated alkanes) is 1. The lowest BCUT2D eigenvalue weighted by atomic mass is 10.0. The van der Waals surface area contributed by atoms with Gasteiger partial charge in [-0.05, 0) is 37.0 Å². The maximum atomic E-state index is 6.07. The molecule has 1 aromatic heterocycles. The zero-order valence-corrected chi connectivity index (χ0v) is 11.1. The minimum absolute atomic E-state index is 0.777. The molecule has 94 valence electrons. The van der Waals surface area contributed by atoms with Crippen molar-refractivity contribution in [2.45, 2.75) is 33.1 Å². The molecule has 18 heavy (non-hydrogen) atoms. The molecule has 2 N–H and O–H groups in total. The third kappa shape index (κ3) is 2.70. The van der Waals surface area contributed by atoms with Gasteiger partial charge in [-0.1, -0.05) is 37.6 Å². The van der Waals surface area contributed by atoms with Gasteiger partial charge in [-0.25, -0.2) is 0 Å². The fourth-order valence-corrected chi connectivity index (χ4v) is 2.01. The van der Waals surface area contributed by atoms with Crippen LogP contribution < -0.4 is 5.73 Å². The Balaban J connectivity index is 2.26. The van der Waals surface area contributed by atoms with Crippen LogP contribution in [0, 0.1) is 6.92 Å². The molecule has 0 aliphatic rings. The Kier molecular flexibility index (Phi) is 3.98. The van der Waals surface area contributed by atoms with Crippen molar-refractivity contribution in [3.05, 3.63) is 47.7 Å². The van der Waals surface area contributed by atoms with Crippen molar-refractivity contribution in [3.63, 3.8) is 0 Å². The van der Waals surface area contributed by atoms with Gasteiger partial charge in [0, 0.05) is 11.8 Å². The third-order valence-corrected chi connectivity index (χ3v) is 3.25. The number of benzene rings is 1. The molecule has 0 amide bonds. The molecule has 0 unspecified atom stereocenters. The van der Waals surface area contributed by atoms with Crippen molar-refractivity contribution < 1.29 is 0 Å². The summed E-state index contributed by atoms with van der Waals surface area (Å²) in [6.45, 7) is 4.22. The highest BCUT2D eigenvalue weighted by molar-refractivity contribution is 5.74. The van der Waals surface area contributed by atoms with Crippen molar-refractivity contribution in [3.8, 4) is 11.3 Å². The van der Waals surface area contributed by atoms with Gasteiger partial charge in [0.1, 0.15) is 0 Å². The van der Waals surface area contributed by atoms with E-state index in [9.17, 15) is 0 Å². The van der Waals surface area contributed by atoms with E-state index in [2.05, 4.69) is 36.2 Å². The first-order valence-electron chi connectivity index (χ1n) is 6.52. The lowest BCUT2D eigenvalue weighted by molar-refractivity contribution is 0.795. The first-order valence-corrected chi connectivity index (χ1v) is 6.52. The molecule has 0 fully saturated rings. The predicted octanol–water partition coefficient (Wildman–Crippen LogP) is 3.98. The Hall–Kier alpha value is -1.83. The SMILES string of the molecule is CCCCc1ccc(-c2nccc(C)c2N)cc1. The highest BCUT2D eigenvalue weighted by Gasteiger charge is 2.05. The summed E-state index contributed by atoms with van der Waals surface area (Å²) >= 11 is 0. The minimum Gasteiger partial charge on any atom is -0.397 e. The number of hydrogen-bond donors (Lipinski definition) is 1. The minimum atomic E-state index is 0.777. The largest absolute Gasteiger partial charge is 0.397 e. The van der Waals surface area contributed by atoms with E-state index in [-0.39, 0.29) is 0 Å². The second-order valence-electron chi connectivity index (χ2n) is 4.69. The molecule has 0 atom stereocenters. The highest BCUT2D eigenvalue weighted by atomic mass is 14.7. The molecule has 0 radical (unpaired) electrons. The van der Waals surface area contributed by atoms with Gasteiger partial charge < -0.3 is 5.73 Å². The van der Waals surface area contributed by atoms with Crippen LogP contribution in [0.2, 0.25) is 0 Å². The highest BCUT2D eigenvalue weighted by Crippen LogP contribution is 2.26. The molecule has 2 heteroatoms. The number of nitrogens with two attached hydrogens (primary N) is 1. The summed E-state index contributed by atoms with van der Waals surface area (Å²) in [6.07, 6.45) is 5.43. The fourth-order valence-electron chi connectivity index (χ4n) is 2.01. The lowest BCUT2D eigenvalue weighted by Crippen LogP contribution is -1.96. The molecule has 0 spiro atoms. The van der Waals surface area contributed by atoms with E-state index in [0.29, 0.717) is 0 Å². The number of aryl methyl sites for hydroxylation is 2. The van der Waals surface area contributed by atoms with Gasteiger partial charge in [-0.2, -0.15) is 0 Å². The van der Waals surface area contributed by atoms with Crippen molar-refractivity contribution >= 4 is 5.69 Å². The van der Waals surface area contributed by atoms with E-state index < -0.39 is 0 Å². The maximum absolute atomic E-state index is 6.07. The second-order valence-corrected chi connectivity index (χ2v) is 4.69. The lowest BCUT2D eigenvalue weighted by Gasteiger charge is -2.08. The number of aromatic nitrogens is 1. The number of nitrogens with zero attached hydrogens (tertiary/aromatic N) is 1. The monoisotopic (exact) mass is 240 g/mol. The topological polar surface area (TPSA) is 38.9 Å². The van der Waals surface area contributed by atoms with Crippen LogP contribution in [0.25, 0.3) is 11.3 Å². The molecule has 2 nitrogen and oxygen atoms in total. The number of anilines is 1. The van der Waals surface area contributed by atoms with Gasteiger partial charge in [-0.3, -0.25) is 4.98 Å². The van der Waals surface area contributed by atoms with Gasteiger partial charge in [-0.15, -0.1) is 0 Å². The first-order chi connectivity index (χ1) is 8.72. The van der Waals surface area contributed by atoms with Crippen LogP contribution in [0.3, 0.4) is 0 Å². The molecule has 0 bridgehead atoms. The van der Waals surface area contributed by atoms with E-state index in [0.717, 1.165) is 28.9 Å². The molecule has 2 rings (SSSR count). The molecule has 0 aliphatic carbocycles. The van der Waals surface area contributed by atoms with Crippen LogP contribution in [0.1, 0.15) is 30.9 Å². The van der Waals surface area contributed by atoms with E-state index >= 15 is 0 Å². The normalized spacial score (nSPS) is 10.6. The third-order valence-electron chi connectivity index (χ3n) is 3.25. The predicted molar refractivity (Wildman–Crippen MR) is 77.4 cm³/mol. The number of pyridine rings is 1. The maximum Gasteiger partial charge on any atom is 0.0933 e. The Labute approximate surface area is 109 Å². The van der Waals surface area contributed by atoms with Crippen LogP contribution in [-0.4, -0.2) is 4.98 Å². The quantitative estimate of drug-likeness (QED) is 0.877. The van der Waals surface area contributed by atoms with Crippen LogP contribution in [0.4, 0.5) is 5.69 Å². The number of nitrogen functional groups attached to an aromatic ring is 1. The van der Waals surface area contributed by atoms with E-state index in [4.69, 9.17) is 5.73 Å². The summed E-state index contributed by atoms with van der Waals surface area (Å²) in [4.78, 5) is 4.38. The molecule has 0 aliphatic heterocycles. The van der Waals surface area contributed by atoms with Crippen LogP contribution in [-0.2, 0) is 6.42 Å². The Morgan fingerprint density at radius 3 is 2.50 bits per heavy atom. The molecule has 0 saturated carbocycles. The van der Waals surface area contributed by atoms with Crippen LogP contribution >= 0.6 is 0 Å². The average Bonchev–Trinajstić information content (AvgIpc) is 2.40. The average molecular weight is 240 g/mol. The Bertz CT molecular complexity index is 515.